The van der Waals surface area contributed by atoms with Crippen LogP contribution in [0.2, 0.25) is 5.02 Å². The molecule has 0 bridgehead atoms. The second-order valence-corrected chi connectivity index (χ2v) is 4.91. The van der Waals surface area contributed by atoms with Crippen molar-refractivity contribution in [2.45, 2.75) is 6.04 Å². The summed E-state index contributed by atoms with van der Waals surface area (Å²) in [5.74, 6) is 0.598. The van der Waals surface area contributed by atoms with Crippen LogP contribution in [0.3, 0.4) is 0 Å². The maximum atomic E-state index is 12.4. The molecule has 1 unspecified atom stereocenters. The number of carbonyl (C=O) groups is 1. The van der Waals surface area contributed by atoms with Crippen LogP contribution in [0.5, 0.6) is 5.75 Å². The third kappa shape index (κ3) is 2.83. The van der Waals surface area contributed by atoms with E-state index in [0.717, 1.165) is 13.1 Å². The molecule has 1 saturated heterocycles. The van der Waals surface area contributed by atoms with E-state index in [0.29, 0.717) is 22.9 Å². The summed E-state index contributed by atoms with van der Waals surface area (Å²) in [5.41, 5.74) is 0.540. The monoisotopic (exact) mass is 268 g/mol. The molecular formula is C13H17ClN2O2. The van der Waals surface area contributed by atoms with E-state index in [2.05, 4.69) is 10.2 Å². The van der Waals surface area contributed by atoms with Crippen LogP contribution < -0.4 is 10.1 Å². The number of carbonyl (C=O) groups excluding carboxylic acids is 1. The number of hydrogen-bond donors (Lipinski definition) is 1. The third-order valence-electron chi connectivity index (χ3n) is 3.12. The zero-order valence-corrected chi connectivity index (χ0v) is 11.3. The van der Waals surface area contributed by atoms with Gasteiger partial charge in [0.15, 0.2) is 5.78 Å². The van der Waals surface area contributed by atoms with E-state index in [1.807, 2.05) is 7.05 Å². The molecule has 18 heavy (non-hydrogen) atoms. The highest BCUT2D eigenvalue weighted by Gasteiger charge is 2.26. The third-order valence-corrected chi connectivity index (χ3v) is 3.36. The van der Waals surface area contributed by atoms with E-state index in [4.69, 9.17) is 16.3 Å². The van der Waals surface area contributed by atoms with Crippen molar-refractivity contribution in [3.8, 4) is 5.75 Å². The minimum atomic E-state index is -0.198. The summed E-state index contributed by atoms with van der Waals surface area (Å²) in [7, 11) is 3.57. The van der Waals surface area contributed by atoms with Crippen LogP contribution in [0, 0.1) is 0 Å². The highest BCUT2D eigenvalue weighted by Crippen LogP contribution is 2.24. The molecule has 1 aliphatic rings. The van der Waals surface area contributed by atoms with Gasteiger partial charge in [-0.3, -0.25) is 4.79 Å². The lowest BCUT2D eigenvalue weighted by Gasteiger charge is -2.30. The van der Waals surface area contributed by atoms with E-state index in [1.54, 1.807) is 25.3 Å². The second kappa shape index (κ2) is 5.69. The fraction of sp³-hybridized carbons (Fsp3) is 0.462. The Hall–Kier alpha value is -1.10. The molecule has 98 valence electrons. The minimum absolute atomic E-state index is 0.0286. The van der Waals surface area contributed by atoms with Gasteiger partial charge in [-0.25, -0.2) is 0 Å². The Balaban J connectivity index is 2.24. The number of likely N-dealkylation sites (N-methyl/N-ethyl adjacent to an activating group) is 1. The van der Waals surface area contributed by atoms with Gasteiger partial charge in [-0.2, -0.15) is 0 Å². The predicted octanol–water partition coefficient (Wildman–Crippen LogP) is 1.43. The van der Waals surface area contributed by atoms with Crippen LogP contribution in [-0.4, -0.2) is 50.5 Å². The summed E-state index contributed by atoms with van der Waals surface area (Å²) in [5, 5.41) is 3.77. The lowest BCUT2D eigenvalue weighted by Crippen LogP contribution is -2.52. The molecule has 1 heterocycles. The highest BCUT2D eigenvalue weighted by molar-refractivity contribution is 6.31. The Bertz CT molecular complexity index is 451. The van der Waals surface area contributed by atoms with E-state index in [1.165, 1.54) is 0 Å². The van der Waals surface area contributed by atoms with Crippen LogP contribution in [0.1, 0.15) is 10.4 Å². The van der Waals surface area contributed by atoms with E-state index >= 15 is 0 Å². The molecule has 1 aromatic rings. The van der Waals surface area contributed by atoms with Crippen LogP contribution in [0.15, 0.2) is 18.2 Å². The zero-order valence-electron chi connectivity index (χ0n) is 10.6. The molecule has 5 heteroatoms. The van der Waals surface area contributed by atoms with Gasteiger partial charge in [0.05, 0.1) is 18.7 Å². The van der Waals surface area contributed by atoms with E-state index < -0.39 is 0 Å². The van der Waals surface area contributed by atoms with Gasteiger partial charge < -0.3 is 15.0 Å². The molecule has 1 aliphatic heterocycles. The largest absolute Gasteiger partial charge is 0.496 e. The van der Waals surface area contributed by atoms with Crippen molar-refractivity contribution in [3.63, 3.8) is 0 Å². The molecule has 1 fully saturated rings. The maximum absolute atomic E-state index is 12.4. The van der Waals surface area contributed by atoms with Gasteiger partial charge in [0, 0.05) is 24.7 Å². The van der Waals surface area contributed by atoms with Gasteiger partial charge in [-0.05, 0) is 25.2 Å². The number of benzene rings is 1. The zero-order chi connectivity index (χ0) is 13.1. The molecule has 0 aromatic heterocycles. The molecule has 0 aliphatic carbocycles. The van der Waals surface area contributed by atoms with Crippen molar-refractivity contribution >= 4 is 17.4 Å². The quantitative estimate of drug-likeness (QED) is 0.843. The van der Waals surface area contributed by atoms with Crippen molar-refractivity contribution < 1.29 is 9.53 Å². The van der Waals surface area contributed by atoms with E-state index in [9.17, 15) is 4.79 Å². The molecule has 0 saturated carbocycles. The number of nitrogens with one attached hydrogen (secondary N) is 1. The standard InChI is InChI=1S/C13H17ClN2O2/c1-16-6-5-15-11(8-16)13(17)10-7-9(14)3-4-12(10)18-2/h3-4,7,11,15H,5-6,8H2,1-2H3. The summed E-state index contributed by atoms with van der Waals surface area (Å²) >= 11 is 5.95. The number of nitrogens with zero attached hydrogens (tertiary/aromatic N) is 1. The maximum Gasteiger partial charge on any atom is 0.184 e. The second-order valence-electron chi connectivity index (χ2n) is 4.48. The van der Waals surface area contributed by atoms with Gasteiger partial charge in [0.1, 0.15) is 5.75 Å². The first-order valence-corrected chi connectivity index (χ1v) is 6.29. The average Bonchev–Trinajstić information content (AvgIpc) is 2.38. The summed E-state index contributed by atoms with van der Waals surface area (Å²) in [4.78, 5) is 14.6. The first kappa shape index (κ1) is 13.3. The summed E-state index contributed by atoms with van der Waals surface area (Å²) in [6.07, 6.45) is 0. The average molecular weight is 269 g/mol. The fourth-order valence-corrected chi connectivity index (χ4v) is 2.31. The number of hydrogen-bond acceptors (Lipinski definition) is 4. The molecule has 0 amide bonds. The molecule has 1 atom stereocenters. The number of halogens is 1. The topological polar surface area (TPSA) is 41.6 Å². The van der Waals surface area contributed by atoms with Crippen molar-refractivity contribution in [1.29, 1.82) is 0 Å². The summed E-state index contributed by atoms with van der Waals surface area (Å²) in [6, 6.07) is 4.91. The Morgan fingerprint density at radius 3 is 3.00 bits per heavy atom. The van der Waals surface area contributed by atoms with E-state index in [-0.39, 0.29) is 11.8 Å². The fourth-order valence-electron chi connectivity index (χ4n) is 2.13. The first-order valence-electron chi connectivity index (χ1n) is 5.91. The Morgan fingerprint density at radius 1 is 1.56 bits per heavy atom. The smallest absolute Gasteiger partial charge is 0.184 e. The van der Waals surface area contributed by atoms with Crippen molar-refractivity contribution in [3.05, 3.63) is 28.8 Å². The van der Waals surface area contributed by atoms with Crippen LogP contribution in [0.25, 0.3) is 0 Å². The SMILES string of the molecule is COc1ccc(Cl)cc1C(=O)C1CN(C)CCN1. The van der Waals surface area contributed by atoms with Gasteiger partial charge in [-0.15, -0.1) is 0 Å². The number of rotatable bonds is 3. The Morgan fingerprint density at radius 2 is 2.33 bits per heavy atom. The number of ether oxygens (including phenoxy) is 1. The number of piperazine rings is 1. The molecule has 1 aromatic carbocycles. The molecule has 0 spiro atoms. The lowest BCUT2D eigenvalue weighted by atomic mass is 10.0. The van der Waals surface area contributed by atoms with Crippen molar-refractivity contribution in [2.24, 2.45) is 0 Å². The van der Waals surface area contributed by atoms with Gasteiger partial charge >= 0.3 is 0 Å². The predicted molar refractivity (Wildman–Crippen MR) is 71.6 cm³/mol. The molecule has 0 radical (unpaired) electrons. The number of methoxy groups -OCH3 is 1. The molecule has 4 nitrogen and oxygen atoms in total. The minimum Gasteiger partial charge on any atom is -0.496 e. The van der Waals surface area contributed by atoms with Crippen molar-refractivity contribution in [1.82, 2.24) is 10.2 Å². The van der Waals surface area contributed by atoms with Crippen molar-refractivity contribution in [2.75, 3.05) is 33.8 Å². The normalized spacial score (nSPS) is 20.7. The first-order chi connectivity index (χ1) is 8.61. The van der Waals surface area contributed by atoms with Gasteiger partial charge in [0.25, 0.3) is 0 Å². The lowest BCUT2D eigenvalue weighted by molar-refractivity contribution is 0.0891. The van der Waals surface area contributed by atoms with Crippen LogP contribution >= 0.6 is 11.6 Å². The molecule has 2 rings (SSSR count). The Kier molecular flexibility index (Phi) is 4.22. The number of Topliss-reactive ketones (excluding diaryl/α,β-unsaturated/α-hetero) is 1. The van der Waals surface area contributed by atoms with Gasteiger partial charge in [-0.1, -0.05) is 11.6 Å². The summed E-state index contributed by atoms with van der Waals surface area (Å²) in [6.45, 7) is 2.47. The summed E-state index contributed by atoms with van der Waals surface area (Å²) < 4.78 is 5.22. The highest BCUT2D eigenvalue weighted by atomic mass is 35.5. The van der Waals surface area contributed by atoms with Crippen LogP contribution in [0.4, 0.5) is 0 Å². The number of ketones is 1. The van der Waals surface area contributed by atoms with Gasteiger partial charge in [0.2, 0.25) is 0 Å². The van der Waals surface area contributed by atoms with Crippen LogP contribution in [-0.2, 0) is 0 Å². The molecule has 1 N–H and O–H groups in total. The molecular weight excluding hydrogens is 252 g/mol. The Labute approximate surface area is 112 Å².